The summed E-state index contributed by atoms with van der Waals surface area (Å²) < 4.78 is 0.505. The molecule has 0 aliphatic rings. The summed E-state index contributed by atoms with van der Waals surface area (Å²) in [7, 11) is 0. The van der Waals surface area contributed by atoms with Crippen LogP contribution in [0.4, 0.5) is 5.69 Å². The molecule has 1 aromatic carbocycles. The third kappa shape index (κ3) is 4.59. The van der Waals surface area contributed by atoms with Gasteiger partial charge in [-0.25, -0.2) is 4.98 Å². The quantitative estimate of drug-likeness (QED) is 0.826. The molecule has 0 aliphatic heterocycles. The van der Waals surface area contributed by atoms with E-state index in [1.807, 2.05) is 6.92 Å². The van der Waals surface area contributed by atoms with Gasteiger partial charge in [0.1, 0.15) is 0 Å². The highest BCUT2D eigenvalue weighted by atomic mass is 35.5. The maximum atomic E-state index is 11.9. The smallest absolute Gasteiger partial charge is 0.251 e. The average molecular weight is 344 g/mol. The van der Waals surface area contributed by atoms with Crippen LogP contribution in [0.1, 0.15) is 28.6 Å². The number of carbonyl (C=O) groups excluding carboxylic acids is 1. The van der Waals surface area contributed by atoms with Crippen molar-refractivity contribution in [2.24, 2.45) is 0 Å². The van der Waals surface area contributed by atoms with Crippen molar-refractivity contribution in [2.45, 2.75) is 19.9 Å². The molecule has 2 N–H and O–H groups in total. The number of anilines is 1. The van der Waals surface area contributed by atoms with Crippen molar-refractivity contribution in [3.8, 4) is 0 Å². The van der Waals surface area contributed by atoms with Gasteiger partial charge in [-0.2, -0.15) is 0 Å². The van der Waals surface area contributed by atoms with E-state index in [1.165, 1.54) is 11.3 Å². The molecule has 0 atom stereocenters. The number of amides is 1. The van der Waals surface area contributed by atoms with Crippen molar-refractivity contribution in [1.82, 2.24) is 10.3 Å². The number of rotatable bonds is 6. The number of benzene rings is 1. The van der Waals surface area contributed by atoms with Crippen LogP contribution >= 0.6 is 34.5 Å². The minimum atomic E-state index is -0.0996. The number of thiazole rings is 1. The van der Waals surface area contributed by atoms with Crippen LogP contribution in [0, 0.1) is 0 Å². The zero-order chi connectivity index (χ0) is 15.2. The van der Waals surface area contributed by atoms with Gasteiger partial charge >= 0.3 is 0 Å². The maximum absolute atomic E-state index is 11.9. The van der Waals surface area contributed by atoms with E-state index in [9.17, 15) is 4.79 Å². The lowest BCUT2D eigenvalue weighted by Gasteiger charge is -2.10. The van der Waals surface area contributed by atoms with Crippen LogP contribution in [0.25, 0.3) is 0 Å². The molecule has 0 radical (unpaired) electrons. The van der Waals surface area contributed by atoms with E-state index in [4.69, 9.17) is 23.2 Å². The fourth-order valence-electron chi connectivity index (χ4n) is 1.69. The standard InChI is InChI=1S/C14H15Cl2N3OS/c1-2-5-17-13(20)9-3-4-11(15)12(6-9)18-7-10-8-19-14(16)21-10/h3-4,6,8,18H,2,5,7H2,1H3,(H,17,20). The molecule has 0 unspecified atom stereocenters. The first-order valence-electron chi connectivity index (χ1n) is 6.52. The van der Waals surface area contributed by atoms with Gasteiger partial charge in [0.2, 0.25) is 0 Å². The van der Waals surface area contributed by atoms with Crippen molar-refractivity contribution in [2.75, 3.05) is 11.9 Å². The van der Waals surface area contributed by atoms with Gasteiger partial charge in [-0.05, 0) is 24.6 Å². The van der Waals surface area contributed by atoms with Gasteiger partial charge in [0.15, 0.2) is 4.47 Å². The molecule has 0 spiro atoms. The van der Waals surface area contributed by atoms with Crippen molar-refractivity contribution < 1.29 is 4.79 Å². The number of nitrogens with one attached hydrogen (secondary N) is 2. The van der Waals surface area contributed by atoms with E-state index in [0.29, 0.717) is 33.8 Å². The Morgan fingerprint density at radius 3 is 2.86 bits per heavy atom. The van der Waals surface area contributed by atoms with Gasteiger partial charge in [0.05, 0.1) is 17.3 Å². The number of hydrogen-bond donors (Lipinski definition) is 2. The summed E-state index contributed by atoms with van der Waals surface area (Å²) in [4.78, 5) is 16.9. The van der Waals surface area contributed by atoms with Crippen LogP contribution in [0.3, 0.4) is 0 Å². The first-order chi connectivity index (χ1) is 10.1. The topological polar surface area (TPSA) is 54.0 Å². The Hall–Kier alpha value is -1.30. The first kappa shape index (κ1) is 16.1. The number of hydrogen-bond acceptors (Lipinski definition) is 4. The molecule has 21 heavy (non-hydrogen) atoms. The molecule has 1 amide bonds. The third-order valence-electron chi connectivity index (χ3n) is 2.74. The maximum Gasteiger partial charge on any atom is 0.251 e. The summed E-state index contributed by atoms with van der Waals surface area (Å²) in [6.45, 7) is 3.23. The Bertz CT molecular complexity index is 630. The lowest BCUT2D eigenvalue weighted by atomic mass is 10.2. The Balaban J connectivity index is 2.06. The van der Waals surface area contributed by atoms with E-state index in [0.717, 1.165) is 11.3 Å². The van der Waals surface area contributed by atoms with Crippen molar-refractivity contribution >= 4 is 46.1 Å². The second-order valence-electron chi connectivity index (χ2n) is 4.38. The van der Waals surface area contributed by atoms with Crippen LogP contribution in [0.5, 0.6) is 0 Å². The fourth-order valence-corrected chi connectivity index (χ4v) is 2.79. The normalized spacial score (nSPS) is 10.4. The van der Waals surface area contributed by atoms with Gasteiger partial charge in [-0.3, -0.25) is 4.79 Å². The predicted octanol–water partition coefficient (Wildman–Crippen LogP) is 4.20. The Labute approximate surface area is 137 Å². The van der Waals surface area contributed by atoms with E-state index in [-0.39, 0.29) is 5.91 Å². The minimum absolute atomic E-state index is 0.0996. The molecule has 4 nitrogen and oxygen atoms in total. The summed E-state index contributed by atoms with van der Waals surface area (Å²) in [6, 6.07) is 5.17. The van der Waals surface area contributed by atoms with E-state index in [1.54, 1.807) is 24.4 Å². The van der Waals surface area contributed by atoms with Gasteiger partial charge in [-0.15, -0.1) is 11.3 Å². The van der Waals surface area contributed by atoms with Crippen LogP contribution in [-0.4, -0.2) is 17.4 Å². The summed E-state index contributed by atoms with van der Waals surface area (Å²) in [5.74, 6) is -0.0996. The van der Waals surface area contributed by atoms with Gasteiger partial charge in [0, 0.05) is 23.2 Å². The third-order valence-corrected chi connectivity index (χ3v) is 4.19. The summed E-state index contributed by atoms with van der Waals surface area (Å²) in [6.07, 6.45) is 2.61. The zero-order valence-electron chi connectivity index (χ0n) is 11.5. The Morgan fingerprint density at radius 1 is 1.38 bits per heavy atom. The molecule has 0 bridgehead atoms. The molecule has 2 rings (SSSR count). The molecule has 7 heteroatoms. The molecule has 0 saturated heterocycles. The SMILES string of the molecule is CCCNC(=O)c1ccc(Cl)c(NCc2cnc(Cl)s2)c1. The van der Waals surface area contributed by atoms with Crippen molar-refractivity contribution in [3.63, 3.8) is 0 Å². The molecule has 0 saturated carbocycles. The predicted molar refractivity (Wildman–Crippen MR) is 88.5 cm³/mol. The van der Waals surface area contributed by atoms with E-state index >= 15 is 0 Å². The fraction of sp³-hybridized carbons (Fsp3) is 0.286. The first-order valence-corrected chi connectivity index (χ1v) is 8.09. The number of carbonyl (C=O) groups is 1. The average Bonchev–Trinajstić information content (AvgIpc) is 2.89. The van der Waals surface area contributed by atoms with Crippen LogP contribution < -0.4 is 10.6 Å². The summed E-state index contributed by atoms with van der Waals surface area (Å²) in [5, 5.41) is 6.60. The Morgan fingerprint density at radius 2 is 2.19 bits per heavy atom. The highest BCUT2D eigenvalue weighted by molar-refractivity contribution is 7.15. The largest absolute Gasteiger partial charge is 0.379 e. The lowest BCUT2D eigenvalue weighted by Crippen LogP contribution is -2.24. The molecule has 2 aromatic rings. The van der Waals surface area contributed by atoms with Crippen molar-refractivity contribution in [1.29, 1.82) is 0 Å². The van der Waals surface area contributed by atoms with E-state index in [2.05, 4.69) is 15.6 Å². The highest BCUT2D eigenvalue weighted by Gasteiger charge is 2.09. The lowest BCUT2D eigenvalue weighted by molar-refractivity contribution is 0.0953. The second kappa shape index (κ2) is 7.64. The Kier molecular flexibility index (Phi) is 5.85. The van der Waals surface area contributed by atoms with Crippen LogP contribution in [0.2, 0.25) is 9.49 Å². The van der Waals surface area contributed by atoms with E-state index < -0.39 is 0 Å². The van der Waals surface area contributed by atoms with Gasteiger partial charge in [-0.1, -0.05) is 30.1 Å². The molecular formula is C14H15Cl2N3OS. The summed E-state index contributed by atoms with van der Waals surface area (Å²) >= 11 is 13.3. The number of aromatic nitrogens is 1. The summed E-state index contributed by atoms with van der Waals surface area (Å²) in [5.41, 5.74) is 1.29. The van der Waals surface area contributed by atoms with Crippen LogP contribution in [-0.2, 0) is 6.54 Å². The zero-order valence-corrected chi connectivity index (χ0v) is 13.8. The van der Waals surface area contributed by atoms with Gasteiger partial charge in [0.25, 0.3) is 5.91 Å². The minimum Gasteiger partial charge on any atom is -0.379 e. The molecule has 0 fully saturated rings. The molecule has 1 heterocycles. The molecule has 0 aliphatic carbocycles. The van der Waals surface area contributed by atoms with Crippen molar-refractivity contribution in [3.05, 3.63) is 44.3 Å². The highest BCUT2D eigenvalue weighted by Crippen LogP contribution is 2.25. The van der Waals surface area contributed by atoms with Gasteiger partial charge < -0.3 is 10.6 Å². The molecule has 1 aromatic heterocycles. The molecule has 112 valence electrons. The molecular weight excluding hydrogens is 329 g/mol. The number of nitrogens with zero attached hydrogens (tertiary/aromatic N) is 1. The number of halogens is 2. The monoisotopic (exact) mass is 343 g/mol. The van der Waals surface area contributed by atoms with Crippen LogP contribution in [0.15, 0.2) is 24.4 Å². The second-order valence-corrected chi connectivity index (χ2v) is 6.49.